The van der Waals surface area contributed by atoms with E-state index in [4.69, 9.17) is 4.98 Å². The summed E-state index contributed by atoms with van der Waals surface area (Å²) in [4.78, 5) is 19.4. The van der Waals surface area contributed by atoms with Crippen molar-refractivity contribution in [3.63, 3.8) is 0 Å². The summed E-state index contributed by atoms with van der Waals surface area (Å²) in [6.07, 6.45) is 6.31. The Kier molecular flexibility index (Phi) is 5.71. The maximum atomic E-state index is 4.70. The van der Waals surface area contributed by atoms with Crippen LogP contribution in [0.2, 0.25) is 0 Å². The SMILES string of the molecule is CCc1cc(NCCc2nc(CC)c(C)s2)nc(-c2ccncc2)n1. The number of hydrogen-bond donors (Lipinski definition) is 1. The molecule has 0 saturated heterocycles. The van der Waals surface area contributed by atoms with Gasteiger partial charge in [-0.3, -0.25) is 4.98 Å². The van der Waals surface area contributed by atoms with E-state index in [2.05, 4.69) is 41.0 Å². The van der Waals surface area contributed by atoms with Crippen molar-refractivity contribution in [2.75, 3.05) is 11.9 Å². The molecule has 0 saturated carbocycles. The standard InChI is InChI=1S/C19H23N5S/c1-4-15-12-17(24-19(22-15)14-6-9-20-10-7-14)21-11-8-18-23-16(5-2)13(3)25-18/h6-7,9-10,12H,4-5,8,11H2,1-3H3,(H,21,22,24). The van der Waals surface area contributed by atoms with Crippen molar-refractivity contribution in [2.24, 2.45) is 0 Å². The lowest BCUT2D eigenvalue weighted by Gasteiger charge is -2.09. The van der Waals surface area contributed by atoms with Crippen LogP contribution < -0.4 is 5.32 Å². The highest BCUT2D eigenvalue weighted by atomic mass is 32.1. The van der Waals surface area contributed by atoms with E-state index in [1.165, 1.54) is 15.6 Å². The Morgan fingerprint density at radius 2 is 1.84 bits per heavy atom. The number of nitrogens with one attached hydrogen (secondary N) is 1. The summed E-state index contributed by atoms with van der Waals surface area (Å²) in [5, 5.41) is 4.61. The van der Waals surface area contributed by atoms with Gasteiger partial charge in [-0.2, -0.15) is 0 Å². The maximum Gasteiger partial charge on any atom is 0.161 e. The number of hydrogen-bond acceptors (Lipinski definition) is 6. The Balaban J connectivity index is 1.71. The second-order valence-electron chi connectivity index (χ2n) is 5.80. The molecular formula is C19H23N5S. The lowest BCUT2D eigenvalue weighted by molar-refractivity contribution is 0.942. The Hall–Kier alpha value is -2.34. The molecule has 6 heteroatoms. The van der Waals surface area contributed by atoms with Gasteiger partial charge in [0.05, 0.1) is 10.7 Å². The molecule has 0 aliphatic heterocycles. The topological polar surface area (TPSA) is 63.6 Å². The van der Waals surface area contributed by atoms with Gasteiger partial charge >= 0.3 is 0 Å². The molecule has 0 spiro atoms. The fourth-order valence-corrected chi connectivity index (χ4v) is 3.64. The van der Waals surface area contributed by atoms with Crippen LogP contribution in [-0.4, -0.2) is 26.5 Å². The summed E-state index contributed by atoms with van der Waals surface area (Å²) in [6.45, 7) is 7.21. The molecule has 1 N–H and O–H groups in total. The lowest BCUT2D eigenvalue weighted by Crippen LogP contribution is -2.08. The maximum absolute atomic E-state index is 4.70. The molecule has 3 rings (SSSR count). The minimum absolute atomic E-state index is 0.739. The van der Waals surface area contributed by atoms with Crippen LogP contribution >= 0.6 is 11.3 Å². The van der Waals surface area contributed by atoms with Crippen LogP contribution in [-0.2, 0) is 19.3 Å². The Bertz CT molecular complexity index is 829. The fourth-order valence-electron chi connectivity index (χ4n) is 2.62. The Morgan fingerprint density at radius 1 is 1.04 bits per heavy atom. The summed E-state index contributed by atoms with van der Waals surface area (Å²) >= 11 is 1.79. The van der Waals surface area contributed by atoms with E-state index >= 15 is 0 Å². The van der Waals surface area contributed by atoms with E-state index in [1.54, 1.807) is 23.7 Å². The zero-order valence-electron chi connectivity index (χ0n) is 14.9. The number of aromatic nitrogens is 4. The monoisotopic (exact) mass is 353 g/mol. The van der Waals surface area contributed by atoms with Crippen molar-refractivity contribution in [2.45, 2.75) is 40.0 Å². The first-order valence-electron chi connectivity index (χ1n) is 8.67. The number of nitrogens with zero attached hydrogens (tertiary/aromatic N) is 4. The van der Waals surface area contributed by atoms with Crippen molar-refractivity contribution in [1.29, 1.82) is 0 Å². The normalized spacial score (nSPS) is 10.8. The molecule has 5 nitrogen and oxygen atoms in total. The van der Waals surface area contributed by atoms with Crippen LogP contribution in [0.15, 0.2) is 30.6 Å². The minimum Gasteiger partial charge on any atom is -0.370 e. The summed E-state index contributed by atoms with van der Waals surface area (Å²) < 4.78 is 0. The van der Waals surface area contributed by atoms with E-state index in [0.29, 0.717) is 0 Å². The predicted octanol–water partition coefficient (Wildman–Crippen LogP) is 4.08. The third-order valence-corrected chi connectivity index (χ3v) is 5.07. The molecule has 0 aliphatic carbocycles. The Morgan fingerprint density at radius 3 is 2.52 bits per heavy atom. The zero-order valence-corrected chi connectivity index (χ0v) is 15.7. The first-order valence-corrected chi connectivity index (χ1v) is 9.48. The number of rotatable bonds is 7. The first kappa shape index (κ1) is 17.5. The number of pyridine rings is 1. The number of anilines is 1. The highest BCUT2D eigenvalue weighted by molar-refractivity contribution is 7.11. The van der Waals surface area contributed by atoms with Crippen molar-refractivity contribution in [3.8, 4) is 11.4 Å². The van der Waals surface area contributed by atoms with E-state index in [1.807, 2.05) is 18.2 Å². The van der Waals surface area contributed by atoms with Gasteiger partial charge in [0.25, 0.3) is 0 Å². The van der Waals surface area contributed by atoms with Crippen LogP contribution in [0.25, 0.3) is 11.4 Å². The van der Waals surface area contributed by atoms with Crippen LogP contribution in [0.1, 0.15) is 35.1 Å². The smallest absolute Gasteiger partial charge is 0.161 e. The zero-order chi connectivity index (χ0) is 17.6. The van der Waals surface area contributed by atoms with E-state index < -0.39 is 0 Å². The van der Waals surface area contributed by atoms with E-state index in [0.717, 1.165) is 48.7 Å². The van der Waals surface area contributed by atoms with Crippen LogP contribution in [0.4, 0.5) is 5.82 Å². The van der Waals surface area contributed by atoms with E-state index in [9.17, 15) is 0 Å². The van der Waals surface area contributed by atoms with Crippen molar-refractivity contribution < 1.29 is 0 Å². The molecule has 0 bridgehead atoms. The van der Waals surface area contributed by atoms with Gasteiger partial charge in [-0.1, -0.05) is 13.8 Å². The molecule has 3 heterocycles. The van der Waals surface area contributed by atoms with Gasteiger partial charge < -0.3 is 5.32 Å². The second kappa shape index (κ2) is 8.16. The van der Waals surface area contributed by atoms with Gasteiger partial charge in [0.15, 0.2) is 5.82 Å². The summed E-state index contributed by atoms with van der Waals surface area (Å²) in [5.41, 5.74) is 3.23. The molecule has 0 fully saturated rings. The van der Waals surface area contributed by atoms with E-state index in [-0.39, 0.29) is 0 Å². The van der Waals surface area contributed by atoms with Crippen LogP contribution in [0, 0.1) is 6.92 Å². The first-order chi connectivity index (χ1) is 12.2. The third-order valence-electron chi connectivity index (χ3n) is 4.00. The highest BCUT2D eigenvalue weighted by Gasteiger charge is 2.08. The van der Waals surface area contributed by atoms with Gasteiger partial charge in [-0.15, -0.1) is 11.3 Å². The van der Waals surface area contributed by atoms with Gasteiger partial charge in [0, 0.05) is 47.6 Å². The second-order valence-corrected chi connectivity index (χ2v) is 7.09. The average molecular weight is 353 g/mol. The van der Waals surface area contributed by atoms with Crippen LogP contribution in [0.5, 0.6) is 0 Å². The van der Waals surface area contributed by atoms with Gasteiger partial charge in [-0.25, -0.2) is 15.0 Å². The van der Waals surface area contributed by atoms with Gasteiger partial charge in [0.1, 0.15) is 5.82 Å². The van der Waals surface area contributed by atoms with Gasteiger partial charge in [-0.05, 0) is 31.9 Å². The third kappa shape index (κ3) is 4.39. The molecule has 3 aromatic rings. The molecule has 130 valence electrons. The quantitative estimate of drug-likeness (QED) is 0.693. The van der Waals surface area contributed by atoms with Crippen molar-refractivity contribution in [1.82, 2.24) is 19.9 Å². The molecule has 0 atom stereocenters. The lowest BCUT2D eigenvalue weighted by atomic mass is 10.2. The molecule has 0 amide bonds. The average Bonchev–Trinajstić information content (AvgIpc) is 3.02. The molecule has 25 heavy (non-hydrogen) atoms. The molecule has 0 aliphatic rings. The number of aryl methyl sites for hydroxylation is 3. The highest BCUT2D eigenvalue weighted by Crippen LogP contribution is 2.20. The molecular weight excluding hydrogens is 330 g/mol. The molecule has 0 radical (unpaired) electrons. The summed E-state index contributed by atoms with van der Waals surface area (Å²) in [6, 6.07) is 5.89. The van der Waals surface area contributed by atoms with Crippen molar-refractivity contribution in [3.05, 3.63) is 51.9 Å². The van der Waals surface area contributed by atoms with Crippen molar-refractivity contribution >= 4 is 17.2 Å². The summed E-state index contributed by atoms with van der Waals surface area (Å²) in [7, 11) is 0. The summed E-state index contributed by atoms with van der Waals surface area (Å²) in [5.74, 6) is 1.60. The largest absolute Gasteiger partial charge is 0.370 e. The Labute approximate surface area is 152 Å². The van der Waals surface area contributed by atoms with Crippen LogP contribution in [0.3, 0.4) is 0 Å². The predicted molar refractivity (Wildman–Crippen MR) is 103 cm³/mol. The number of thiazole rings is 1. The molecule has 0 unspecified atom stereocenters. The fraction of sp³-hybridized carbons (Fsp3) is 0.368. The molecule has 0 aromatic carbocycles. The molecule has 3 aromatic heterocycles. The van der Waals surface area contributed by atoms with Gasteiger partial charge in [0.2, 0.25) is 0 Å². The minimum atomic E-state index is 0.739.